The van der Waals surface area contributed by atoms with Gasteiger partial charge in [-0.15, -0.1) is 0 Å². The third-order valence-corrected chi connectivity index (χ3v) is 1.59. The third-order valence-electron chi connectivity index (χ3n) is 1.59. The maximum absolute atomic E-state index is 8.00. The Hall–Kier alpha value is -1.96. The van der Waals surface area contributed by atoms with Crippen LogP contribution in [0.15, 0.2) is 0 Å². The smallest absolute Gasteiger partial charge is 0.226 e. The van der Waals surface area contributed by atoms with Crippen molar-refractivity contribution in [1.82, 2.24) is 15.0 Å². The number of nitrogens with two attached hydrogens (primary N) is 3. The first-order chi connectivity index (χ1) is 9.31. The fourth-order valence-electron chi connectivity index (χ4n) is 0.967. The Morgan fingerprint density at radius 3 is 1.30 bits per heavy atom. The Labute approximate surface area is 120 Å². The Kier molecular flexibility index (Phi) is 12.3. The predicted octanol–water partition coefficient (Wildman–Crippen LogP) is 0.748. The summed E-state index contributed by atoms with van der Waals surface area (Å²) in [6.45, 7) is 12.5. The van der Waals surface area contributed by atoms with E-state index in [0.717, 1.165) is 13.2 Å². The first-order valence-corrected chi connectivity index (χ1v) is 6.20. The summed E-state index contributed by atoms with van der Waals surface area (Å²) >= 11 is 0. The largest absolute Gasteiger partial charge is 0.381 e. The van der Waals surface area contributed by atoms with Gasteiger partial charge < -0.3 is 26.7 Å². The maximum atomic E-state index is 8.00. The second-order valence-electron chi connectivity index (χ2n) is 4.74. The van der Waals surface area contributed by atoms with Gasteiger partial charge in [-0.05, 0) is 11.8 Å². The highest BCUT2D eigenvalue weighted by Gasteiger charge is 1.95. The normalized spacial score (nSPS) is 9.50. The van der Waals surface area contributed by atoms with Crippen molar-refractivity contribution in [2.45, 2.75) is 27.7 Å². The third kappa shape index (κ3) is 14.1. The lowest BCUT2D eigenvalue weighted by Crippen LogP contribution is -2.06. The van der Waals surface area contributed by atoms with Crippen molar-refractivity contribution in [2.24, 2.45) is 11.8 Å². The van der Waals surface area contributed by atoms with Crippen LogP contribution in [0.25, 0.3) is 0 Å². The van der Waals surface area contributed by atoms with Crippen LogP contribution in [-0.4, -0.2) is 35.0 Å². The van der Waals surface area contributed by atoms with Crippen LogP contribution in [0, 0.1) is 11.8 Å². The zero-order valence-electron chi connectivity index (χ0n) is 12.7. The van der Waals surface area contributed by atoms with Crippen molar-refractivity contribution in [3.63, 3.8) is 0 Å². The van der Waals surface area contributed by atoms with Gasteiger partial charge in [0.1, 0.15) is 6.79 Å². The number of nitrogens with zero attached hydrogens (tertiary/aromatic N) is 3. The molecule has 0 spiro atoms. The second-order valence-corrected chi connectivity index (χ2v) is 4.74. The molecule has 0 saturated carbocycles. The quantitative estimate of drug-likeness (QED) is 0.735. The molecule has 1 aromatic heterocycles. The summed E-state index contributed by atoms with van der Waals surface area (Å²) in [4.78, 5) is 18.5. The predicted molar refractivity (Wildman–Crippen MR) is 80.7 cm³/mol. The molecular formula is C12H26N6O2. The second kappa shape index (κ2) is 12.1. The molecule has 0 radical (unpaired) electrons. The summed E-state index contributed by atoms with van der Waals surface area (Å²) in [6.07, 6.45) is 0. The van der Waals surface area contributed by atoms with Crippen LogP contribution in [0.5, 0.6) is 0 Å². The van der Waals surface area contributed by atoms with Gasteiger partial charge in [0.15, 0.2) is 0 Å². The molecule has 1 heterocycles. The number of ether oxygens (including phenoxy) is 1. The molecule has 0 aromatic carbocycles. The standard InChI is InChI=1S/C8H18O.C3H6N6.CH2O/c1-7(2)5-9-6-8(3)4;4-1-7-2(5)9-3(6)8-1;1-2/h7-8H,5-6H2,1-4H3;(H6,4,5,6,7,8,9);1H2. The maximum Gasteiger partial charge on any atom is 0.226 e. The van der Waals surface area contributed by atoms with Gasteiger partial charge in [0, 0.05) is 13.2 Å². The van der Waals surface area contributed by atoms with Crippen LogP contribution in [-0.2, 0) is 9.53 Å². The molecule has 20 heavy (non-hydrogen) atoms. The minimum atomic E-state index is 0.0417. The number of carbonyl (C=O) groups excluding carboxylic acids is 1. The van der Waals surface area contributed by atoms with E-state index in [2.05, 4.69) is 42.6 Å². The average Bonchev–Trinajstić information content (AvgIpc) is 2.29. The Morgan fingerprint density at radius 1 is 0.850 bits per heavy atom. The van der Waals surface area contributed by atoms with E-state index in [1.807, 2.05) is 6.79 Å². The summed E-state index contributed by atoms with van der Waals surface area (Å²) < 4.78 is 5.36. The van der Waals surface area contributed by atoms with E-state index in [0.29, 0.717) is 11.8 Å². The van der Waals surface area contributed by atoms with Gasteiger partial charge >= 0.3 is 0 Å². The van der Waals surface area contributed by atoms with Crippen molar-refractivity contribution in [1.29, 1.82) is 0 Å². The van der Waals surface area contributed by atoms with Crippen LogP contribution in [0.4, 0.5) is 17.8 Å². The number of rotatable bonds is 4. The summed E-state index contributed by atoms with van der Waals surface area (Å²) in [5.74, 6) is 1.47. The fraction of sp³-hybridized carbons (Fsp3) is 0.667. The lowest BCUT2D eigenvalue weighted by atomic mass is 10.2. The first kappa shape index (κ1) is 20.4. The van der Waals surface area contributed by atoms with Crippen molar-refractivity contribution in [2.75, 3.05) is 30.4 Å². The average molecular weight is 286 g/mol. The zero-order valence-corrected chi connectivity index (χ0v) is 12.7. The van der Waals surface area contributed by atoms with Gasteiger partial charge in [-0.1, -0.05) is 27.7 Å². The van der Waals surface area contributed by atoms with E-state index >= 15 is 0 Å². The summed E-state index contributed by atoms with van der Waals surface area (Å²) in [5.41, 5.74) is 15.4. The Bertz CT molecular complexity index is 301. The number of hydrogen-bond acceptors (Lipinski definition) is 8. The first-order valence-electron chi connectivity index (χ1n) is 6.20. The van der Waals surface area contributed by atoms with E-state index in [4.69, 9.17) is 26.7 Å². The summed E-state index contributed by atoms with van der Waals surface area (Å²) in [5, 5.41) is 0. The molecule has 116 valence electrons. The van der Waals surface area contributed by atoms with Crippen LogP contribution in [0.1, 0.15) is 27.7 Å². The number of carbonyl (C=O) groups is 1. The van der Waals surface area contributed by atoms with Gasteiger partial charge in [-0.25, -0.2) is 0 Å². The van der Waals surface area contributed by atoms with Crippen molar-refractivity contribution < 1.29 is 9.53 Å². The van der Waals surface area contributed by atoms with Crippen LogP contribution in [0.3, 0.4) is 0 Å². The Balaban J connectivity index is 0. The monoisotopic (exact) mass is 286 g/mol. The number of anilines is 3. The minimum Gasteiger partial charge on any atom is -0.381 e. The Morgan fingerprint density at radius 2 is 1.10 bits per heavy atom. The number of aromatic nitrogens is 3. The molecule has 0 saturated heterocycles. The van der Waals surface area contributed by atoms with E-state index in [1.54, 1.807) is 0 Å². The van der Waals surface area contributed by atoms with Gasteiger partial charge in [-0.2, -0.15) is 15.0 Å². The van der Waals surface area contributed by atoms with Crippen LogP contribution in [0.2, 0.25) is 0 Å². The van der Waals surface area contributed by atoms with E-state index in [-0.39, 0.29) is 17.8 Å². The van der Waals surface area contributed by atoms with Crippen molar-refractivity contribution >= 4 is 24.6 Å². The topological polar surface area (TPSA) is 143 Å². The molecule has 1 rings (SSSR count). The fourth-order valence-corrected chi connectivity index (χ4v) is 0.967. The van der Waals surface area contributed by atoms with E-state index < -0.39 is 0 Å². The molecule has 0 amide bonds. The van der Waals surface area contributed by atoms with Crippen LogP contribution >= 0.6 is 0 Å². The highest BCUT2D eigenvalue weighted by atomic mass is 16.5. The molecule has 6 N–H and O–H groups in total. The lowest BCUT2D eigenvalue weighted by molar-refractivity contribution is -0.0979. The zero-order chi connectivity index (χ0) is 16.1. The molecule has 8 nitrogen and oxygen atoms in total. The SMILES string of the molecule is C=O.CC(C)COCC(C)C.Nc1nc(N)nc(N)n1. The molecule has 0 aliphatic rings. The molecule has 0 fully saturated rings. The summed E-state index contributed by atoms with van der Waals surface area (Å²) in [6, 6.07) is 0. The van der Waals surface area contributed by atoms with Crippen molar-refractivity contribution in [3.8, 4) is 0 Å². The van der Waals surface area contributed by atoms with Crippen LogP contribution < -0.4 is 17.2 Å². The number of hydrogen-bond donors (Lipinski definition) is 3. The highest BCUT2D eigenvalue weighted by Crippen LogP contribution is 1.97. The highest BCUT2D eigenvalue weighted by molar-refractivity contribution is 5.33. The van der Waals surface area contributed by atoms with E-state index in [9.17, 15) is 0 Å². The molecule has 0 atom stereocenters. The molecule has 0 unspecified atom stereocenters. The molecule has 1 aromatic rings. The lowest BCUT2D eigenvalue weighted by Gasteiger charge is -2.07. The number of nitrogen functional groups attached to an aromatic ring is 3. The summed E-state index contributed by atoms with van der Waals surface area (Å²) in [7, 11) is 0. The van der Waals surface area contributed by atoms with Gasteiger partial charge in [-0.3, -0.25) is 0 Å². The van der Waals surface area contributed by atoms with Gasteiger partial charge in [0.05, 0.1) is 0 Å². The minimum absolute atomic E-state index is 0.0417. The molecule has 0 bridgehead atoms. The molecule has 0 aliphatic carbocycles. The molecule has 0 aliphatic heterocycles. The van der Waals surface area contributed by atoms with Crippen molar-refractivity contribution in [3.05, 3.63) is 0 Å². The van der Waals surface area contributed by atoms with Gasteiger partial charge in [0.2, 0.25) is 17.8 Å². The molecule has 8 heteroatoms. The van der Waals surface area contributed by atoms with E-state index in [1.165, 1.54) is 0 Å². The van der Waals surface area contributed by atoms with Gasteiger partial charge in [0.25, 0.3) is 0 Å². The molecular weight excluding hydrogens is 260 g/mol.